The summed E-state index contributed by atoms with van der Waals surface area (Å²) in [6.45, 7) is 0. The first-order valence-corrected chi connectivity index (χ1v) is 6.20. The summed E-state index contributed by atoms with van der Waals surface area (Å²) in [6.07, 6.45) is 1.66. The number of ether oxygens (including phenoxy) is 1. The molecule has 1 aromatic heterocycles. The van der Waals surface area contributed by atoms with Crippen LogP contribution < -0.4 is 0 Å². The maximum atomic E-state index is 11.5. The Morgan fingerprint density at radius 3 is 2.73 bits per heavy atom. The number of rotatable bonds is 1. The van der Waals surface area contributed by atoms with Crippen LogP contribution in [0, 0.1) is 5.41 Å². The SMILES string of the molecule is O=C1OC(=O)C12C=CS[C@H]2c1cccs1. The molecule has 5 heteroatoms. The van der Waals surface area contributed by atoms with Crippen molar-refractivity contribution in [3.8, 4) is 0 Å². The molecule has 1 aromatic rings. The van der Waals surface area contributed by atoms with Gasteiger partial charge >= 0.3 is 11.9 Å². The van der Waals surface area contributed by atoms with E-state index < -0.39 is 17.4 Å². The summed E-state index contributed by atoms with van der Waals surface area (Å²) in [5.74, 6) is -0.848. The van der Waals surface area contributed by atoms with E-state index in [0.717, 1.165) is 4.88 Å². The Kier molecular flexibility index (Phi) is 1.81. The van der Waals surface area contributed by atoms with Crippen molar-refractivity contribution in [2.45, 2.75) is 5.25 Å². The standard InChI is InChI=1S/C10H6O3S2/c11-8-10(9(12)13-8)3-5-15-7(10)6-2-1-4-14-6/h1-5,7H/t7-/m0/s1. The second-order valence-corrected chi connectivity index (χ2v) is 5.38. The Bertz CT molecular complexity index is 447. The number of thiophene rings is 1. The molecule has 1 saturated heterocycles. The Balaban J connectivity index is 2.05. The number of carbonyl (C=O) groups excluding carboxylic acids is 2. The van der Waals surface area contributed by atoms with Crippen LogP contribution in [0.15, 0.2) is 29.0 Å². The molecule has 0 aliphatic carbocycles. The third-order valence-corrected chi connectivity index (χ3v) is 4.90. The predicted molar refractivity (Wildman–Crippen MR) is 57.3 cm³/mol. The molecular weight excluding hydrogens is 232 g/mol. The normalized spacial score (nSPS) is 26.8. The van der Waals surface area contributed by atoms with Gasteiger partial charge in [-0.05, 0) is 22.9 Å². The number of esters is 2. The summed E-state index contributed by atoms with van der Waals surface area (Å²) in [4.78, 5) is 24.0. The van der Waals surface area contributed by atoms with E-state index in [-0.39, 0.29) is 5.25 Å². The van der Waals surface area contributed by atoms with Crippen LogP contribution in [0.5, 0.6) is 0 Å². The van der Waals surface area contributed by atoms with Gasteiger partial charge in [0.2, 0.25) is 5.41 Å². The second kappa shape index (κ2) is 2.96. The predicted octanol–water partition coefficient (Wildman–Crippen LogP) is 2.12. The van der Waals surface area contributed by atoms with Gasteiger partial charge in [0.05, 0.1) is 5.25 Å². The first-order chi connectivity index (χ1) is 7.25. The van der Waals surface area contributed by atoms with Gasteiger partial charge in [-0.25, -0.2) is 9.59 Å². The van der Waals surface area contributed by atoms with Crippen LogP contribution in [-0.2, 0) is 14.3 Å². The lowest BCUT2D eigenvalue weighted by Gasteiger charge is -2.35. The smallest absolute Gasteiger partial charge is 0.336 e. The minimum atomic E-state index is -1.03. The van der Waals surface area contributed by atoms with Crippen molar-refractivity contribution in [2.24, 2.45) is 5.41 Å². The molecule has 1 atom stereocenters. The third kappa shape index (κ3) is 1.02. The fourth-order valence-corrected chi connectivity index (χ4v) is 4.05. The minimum Gasteiger partial charge on any atom is -0.391 e. The average molecular weight is 238 g/mol. The van der Waals surface area contributed by atoms with E-state index in [1.165, 1.54) is 11.8 Å². The number of thioether (sulfide) groups is 1. The Morgan fingerprint density at radius 1 is 1.33 bits per heavy atom. The molecule has 0 aromatic carbocycles. The van der Waals surface area contributed by atoms with Crippen LogP contribution in [0.3, 0.4) is 0 Å². The van der Waals surface area contributed by atoms with Crippen LogP contribution in [0.1, 0.15) is 10.1 Å². The summed E-state index contributed by atoms with van der Waals surface area (Å²) in [5, 5.41) is 3.62. The highest BCUT2D eigenvalue weighted by Gasteiger charge is 2.64. The zero-order chi connectivity index (χ0) is 10.5. The van der Waals surface area contributed by atoms with Gasteiger partial charge in [-0.3, -0.25) is 0 Å². The molecule has 0 bridgehead atoms. The van der Waals surface area contributed by atoms with Crippen molar-refractivity contribution in [1.29, 1.82) is 0 Å². The maximum Gasteiger partial charge on any atom is 0.336 e. The number of hydrogen-bond donors (Lipinski definition) is 0. The third-order valence-electron chi connectivity index (χ3n) is 2.62. The Labute approximate surface area is 94.1 Å². The lowest BCUT2D eigenvalue weighted by Crippen LogP contribution is -2.53. The molecule has 3 rings (SSSR count). The van der Waals surface area contributed by atoms with Gasteiger partial charge in [0.1, 0.15) is 0 Å². The van der Waals surface area contributed by atoms with Crippen LogP contribution in [-0.4, -0.2) is 11.9 Å². The van der Waals surface area contributed by atoms with Crippen molar-refractivity contribution in [3.05, 3.63) is 33.9 Å². The van der Waals surface area contributed by atoms with Crippen LogP contribution in [0.2, 0.25) is 0 Å². The van der Waals surface area contributed by atoms with E-state index in [2.05, 4.69) is 4.74 Å². The minimum absolute atomic E-state index is 0.133. The maximum absolute atomic E-state index is 11.5. The topological polar surface area (TPSA) is 43.4 Å². The highest BCUT2D eigenvalue weighted by molar-refractivity contribution is 8.02. The quantitative estimate of drug-likeness (QED) is 0.555. The van der Waals surface area contributed by atoms with E-state index in [1.54, 1.807) is 17.4 Å². The molecule has 15 heavy (non-hydrogen) atoms. The average Bonchev–Trinajstić information content (AvgIpc) is 2.88. The van der Waals surface area contributed by atoms with Crippen LogP contribution in [0.4, 0.5) is 0 Å². The molecule has 1 fully saturated rings. The summed E-state index contributed by atoms with van der Waals surface area (Å²) in [6, 6.07) is 3.86. The Morgan fingerprint density at radius 2 is 2.13 bits per heavy atom. The van der Waals surface area contributed by atoms with E-state index in [1.807, 2.05) is 22.9 Å². The van der Waals surface area contributed by atoms with Crippen molar-refractivity contribution in [2.75, 3.05) is 0 Å². The number of carbonyl (C=O) groups is 2. The molecule has 0 N–H and O–H groups in total. The first kappa shape index (κ1) is 9.18. The molecule has 0 amide bonds. The van der Waals surface area contributed by atoms with Crippen molar-refractivity contribution in [1.82, 2.24) is 0 Å². The van der Waals surface area contributed by atoms with Crippen molar-refractivity contribution in [3.63, 3.8) is 0 Å². The van der Waals surface area contributed by atoms with E-state index in [9.17, 15) is 9.59 Å². The van der Waals surface area contributed by atoms with E-state index in [0.29, 0.717) is 0 Å². The molecule has 3 heterocycles. The fourth-order valence-electron chi connectivity index (χ4n) is 1.79. The summed E-state index contributed by atoms with van der Waals surface area (Å²) in [7, 11) is 0. The molecule has 76 valence electrons. The molecular formula is C10H6O3S2. The number of cyclic esters (lactones) is 2. The summed E-state index contributed by atoms with van der Waals surface area (Å²) < 4.78 is 4.47. The monoisotopic (exact) mass is 238 g/mol. The van der Waals surface area contributed by atoms with Crippen LogP contribution in [0.25, 0.3) is 0 Å². The van der Waals surface area contributed by atoms with E-state index in [4.69, 9.17) is 0 Å². The summed E-state index contributed by atoms with van der Waals surface area (Å²) >= 11 is 3.05. The van der Waals surface area contributed by atoms with Crippen molar-refractivity contribution >= 4 is 35.0 Å². The highest BCUT2D eigenvalue weighted by atomic mass is 32.2. The van der Waals surface area contributed by atoms with Gasteiger partial charge in [0, 0.05) is 4.88 Å². The lowest BCUT2D eigenvalue weighted by molar-refractivity contribution is -0.191. The fraction of sp³-hybridized carbons (Fsp3) is 0.200. The van der Waals surface area contributed by atoms with Gasteiger partial charge in [0.15, 0.2) is 0 Å². The molecule has 0 unspecified atom stereocenters. The molecule has 0 saturated carbocycles. The molecule has 2 aliphatic rings. The lowest BCUT2D eigenvalue weighted by atomic mass is 9.80. The second-order valence-electron chi connectivity index (χ2n) is 3.38. The number of hydrogen-bond acceptors (Lipinski definition) is 5. The molecule has 1 spiro atoms. The van der Waals surface area contributed by atoms with Crippen molar-refractivity contribution < 1.29 is 14.3 Å². The molecule has 0 radical (unpaired) electrons. The van der Waals surface area contributed by atoms with E-state index >= 15 is 0 Å². The molecule has 3 nitrogen and oxygen atoms in total. The highest BCUT2D eigenvalue weighted by Crippen LogP contribution is 2.57. The van der Waals surface area contributed by atoms with Crippen LogP contribution >= 0.6 is 23.1 Å². The Hall–Kier alpha value is -1.07. The molecule has 2 aliphatic heterocycles. The summed E-state index contributed by atoms with van der Waals surface area (Å²) in [5.41, 5.74) is -1.03. The zero-order valence-electron chi connectivity index (χ0n) is 7.51. The van der Waals surface area contributed by atoms with Gasteiger partial charge in [-0.15, -0.1) is 23.1 Å². The van der Waals surface area contributed by atoms with Gasteiger partial charge in [-0.2, -0.15) is 0 Å². The first-order valence-electron chi connectivity index (χ1n) is 4.38. The van der Waals surface area contributed by atoms with Gasteiger partial charge in [0.25, 0.3) is 0 Å². The van der Waals surface area contributed by atoms with Gasteiger partial charge < -0.3 is 4.74 Å². The zero-order valence-corrected chi connectivity index (χ0v) is 9.14. The van der Waals surface area contributed by atoms with Gasteiger partial charge in [-0.1, -0.05) is 6.07 Å². The largest absolute Gasteiger partial charge is 0.391 e.